The molecule has 2 aromatic rings. The van der Waals surface area contributed by atoms with Gasteiger partial charge in [0, 0.05) is 13.1 Å². The van der Waals surface area contributed by atoms with Crippen LogP contribution in [0.25, 0.3) is 0 Å². The third-order valence-electron chi connectivity index (χ3n) is 3.25. The molecule has 0 aromatic heterocycles. The van der Waals surface area contributed by atoms with E-state index in [1.54, 1.807) is 12.1 Å². The molecule has 0 bridgehead atoms. The highest BCUT2D eigenvalue weighted by molar-refractivity contribution is 5.31. The molecule has 92 valence electrons. The van der Waals surface area contributed by atoms with Gasteiger partial charge in [0.2, 0.25) is 0 Å². The van der Waals surface area contributed by atoms with Crippen molar-refractivity contribution < 1.29 is 9.13 Å². The van der Waals surface area contributed by atoms with Gasteiger partial charge in [0.05, 0.1) is 0 Å². The Kier molecular flexibility index (Phi) is 2.76. The zero-order chi connectivity index (χ0) is 12.4. The first-order valence-electron chi connectivity index (χ1n) is 5.99. The summed E-state index contributed by atoms with van der Waals surface area (Å²) < 4.78 is 19.0. The summed E-state index contributed by atoms with van der Waals surface area (Å²) in [5.74, 6) is 0.615. The number of halogens is 1. The molecule has 2 nitrogen and oxygen atoms in total. The third kappa shape index (κ3) is 1.97. The predicted octanol–water partition coefficient (Wildman–Crippen LogP) is 2.70. The Labute approximate surface area is 105 Å². The van der Waals surface area contributed by atoms with Crippen LogP contribution >= 0.6 is 0 Å². The van der Waals surface area contributed by atoms with Gasteiger partial charge in [-0.2, -0.15) is 0 Å². The summed E-state index contributed by atoms with van der Waals surface area (Å²) in [5, 5.41) is 3.22. The van der Waals surface area contributed by atoms with Gasteiger partial charge in [-0.1, -0.05) is 30.3 Å². The maximum Gasteiger partial charge on any atom is 0.159 e. The molecule has 1 fully saturated rings. The molecule has 0 saturated carbocycles. The second kappa shape index (κ2) is 4.42. The van der Waals surface area contributed by atoms with Crippen molar-refractivity contribution in [3.63, 3.8) is 0 Å². The quantitative estimate of drug-likeness (QED) is 0.895. The van der Waals surface area contributed by atoms with Crippen LogP contribution in [0.4, 0.5) is 4.39 Å². The van der Waals surface area contributed by atoms with Crippen LogP contribution in [-0.2, 0) is 5.60 Å². The highest BCUT2D eigenvalue weighted by atomic mass is 19.1. The van der Waals surface area contributed by atoms with Crippen molar-refractivity contribution in [1.82, 2.24) is 5.32 Å². The first kappa shape index (κ1) is 11.2. The maximum atomic E-state index is 13.0. The standard InChI is InChI=1S/C15H14FNO/c16-13-8-6-12(7-9-13)15(10-17-11-15)18-14-4-2-1-3-5-14/h1-9,17H,10-11H2. The van der Waals surface area contributed by atoms with Gasteiger partial charge in [-0.05, 0) is 29.8 Å². The molecule has 1 heterocycles. The topological polar surface area (TPSA) is 21.3 Å². The molecule has 0 unspecified atom stereocenters. The molecule has 0 atom stereocenters. The lowest BCUT2D eigenvalue weighted by Crippen LogP contribution is -2.60. The molecule has 3 rings (SSSR count). The molecule has 18 heavy (non-hydrogen) atoms. The Bertz CT molecular complexity index is 520. The van der Waals surface area contributed by atoms with E-state index < -0.39 is 0 Å². The van der Waals surface area contributed by atoms with Crippen molar-refractivity contribution in [3.8, 4) is 5.75 Å². The summed E-state index contributed by atoms with van der Waals surface area (Å²) in [6.45, 7) is 1.49. The molecular formula is C15H14FNO. The van der Waals surface area contributed by atoms with E-state index in [2.05, 4.69) is 5.32 Å². The average Bonchev–Trinajstić information content (AvgIpc) is 2.36. The van der Waals surface area contributed by atoms with Crippen LogP contribution in [0.15, 0.2) is 54.6 Å². The molecular weight excluding hydrogens is 229 g/mol. The monoisotopic (exact) mass is 243 g/mol. The van der Waals surface area contributed by atoms with Crippen LogP contribution in [0.2, 0.25) is 0 Å². The number of benzene rings is 2. The Morgan fingerprint density at radius 1 is 0.944 bits per heavy atom. The Balaban J connectivity index is 1.88. The summed E-state index contributed by atoms with van der Waals surface area (Å²) in [6, 6.07) is 16.2. The number of rotatable bonds is 3. The van der Waals surface area contributed by atoms with Crippen molar-refractivity contribution in [1.29, 1.82) is 0 Å². The molecule has 0 radical (unpaired) electrons. The van der Waals surface area contributed by atoms with Crippen molar-refractivity contribution in [2.75, 3.05) is 13.1 Å². The minimum Gasteiger partial charge on any atom is -0.480 e. The summed E-state index contributed by atoms with van der Waals surface area (Å²) in [7, 11) is 0. The molecule has 1 saturated heterocycles. The van der Waals surface area contributed by atoms with Crippen molar-refractivity contribution in [2.45, 2.75) is 5.60 Å². The van der Waals surface area contributed by atoms with E-state index in [9.17, 15) is 4.39 Å². The van der Waals surface area contributed by atoms with Crippen molar-refractivity contribution >= 4 is 0 Å². The second-order valence-electron chi connectivity index (χ2n) is 4.52. The lowest BCUT2D eigenvalue weighted by Gasteiger charge is -2.43. The first-order valence-corrected chi connectivity index (χ1v) is 5.99. The SMILES string of the molecule is Fc1ccc(C2(Oc3ccccc3)CNC2)cc1. The molecule has 0 aliphatic carbocycles. The van der Waals surface area contributed by atoms with E-state index in [1.807, 2.05) is 30.3 Å². The van der Waals surface area contributed by atoms with E-state index in [4.69, 9.17) is 4.74 Å². The minimum absolute atomic E-state index is 0.221. The van der Waals surface area contributed by atoms with Crippen LogP contribution in [-0.4, -0.2) is 13.1 Å². The summed E-state index contributed by atoms with van der Waals surface area (Å²) >= 11 is 0. The lowest BCUT2D eigenvalue weighted by atomic mass is 9.87. The predicted molar refractivity (Wildman–Crippen MR) is 68.0 cm³/mol. The second-order valence-corrected chi connectivity index (χ2v) is 4.52. The number of hydrogen-bond acceptors (Lipinski definition) is 2. The molecule has 3 heteroatoms. The van der Waals surface area contributed by atoms with Gasteiger partial charge in [-0.3, -0.25) is 0 Å². The van der Waals surface area contributed by atoms with E-state index in [0.29, 0.717) is 0 Å². The van der Waals surface area contributed by atoms with Gasteiger partial charge in [0.15, 0.2) is 5.60 Å². The van der Waals surface area contributed by atoms with Crippen LogP contribution in [0.1, 0.15) is 5.56 Å². The fourth-order valence-corrected chi connectivity index (χ4v) is 2.16. The van der Waals surface area contributed by atoms with Gasteiger partial charge in [-0.25, -0.2) is 4.39 Å². The van der Waals surface area contributed by atoms with E-state index in [-0.39, 0.29) is 11.4 Å². The van der Waals surface area contributed by atoms with Gasteiger partial charge < -0.3 is 10.1 Å². The normalized spacial score (nSPS) is 16.9. The average molecular weight is 243 g/mol. The van der Waals surface area contributed by atoms with E-state index >= 15 is 0 Å². The number of hydrogen-bond donors (Lipinski definition) is 1. The summed E-state index contributed by atoms with van der Waals surface area (Å²) in [5.41, 5.74) is 0.640. The highest BCUT2D eigenvalue weighted by Gasteiger charge is 2.41. The first-order chi connectivity index (χ1) is 8.78. The van der Waals surface area contributed by atoms with Crippen LogP contribution in [0.5, 0.6) is 5.75 Å². The summed E-state index contributed by atoms with van der Waals surface area (Å²) in [4.78, 5) is 0. The lowest BCUT2D eigenvalue weighted by molar-refractivity contribution is 0.0121. The zero-order valence-corrected chi connectivity index (χ0v) is 9.90. The third-order valence-corrected chi connectivity index (χ3v) is 3.25. The van der Waals surface area contributed by atoms with E-state index in [1.165, 1.54) is 12.1 Å². The van der Waals surface area contributed by atoms with Crippen molar-refractivity contribution in [2.24, 2.45) is 0 Å². The fourth-order valence-electron chi connectivity index (χ4n) is 2.16. The Hall–Kier alpha value is -1.87. The molecule has 0 amide bonds. The Morgan fingerprint density at radius 2 is 1.61 bits per heavy atom. The van der Waals surface area contributed by atoms with Gasteiger partial charge in [0.1, 0.15) is 11.6 Å². The number of nitrogens with one attached hydrogen (secondary N) is 1. The number of ether oxygens (including phenoxy) is 1. The zero-order valence-electron chi connectivity index (χ0n) is 9.90. The van der Waals surface area contributed by atoms with Crippen molar-refractivity contribution in [3.05, 3.63) is 66.0 Å². The molecule has 0 spiro atoms. The van der Waals surface area contributed by atoms with Gasteiger partial charge in [0.25, 0.3) is 0 Å². The minimum atomic E-state index is -0.366. The largest absolute Gasteiger partial charge is 0.480 e. The van der Waals surface area contributed by atoms with Crippen LogP contribution in [0, 0.1) is 5.82 Å². The van der Waals surface area contributed by atoms with E-state index in [0.717, 1.165) is 24.4 Å². The highest BCUT2D eigenvalue weighted by Crippen LogP contribution is 2.31. The number of para-hydroxylation sites is 1. The van der Waals surface area contributed by atoms with Gasteiger partial charge in [-0.15, -0.1) is 0 Å². The fraction of sp³-hybridized carbons (Fsp3) is 0.200. The molecule has 1 N–H and O–H groups in total. The maximum absolute atomic E-state index is 13.0. The molecule has 1 aliphatic rings. The van der Waals surface area contributed by atoms with Crippen LogP contribution < -0.4 is 10.1 Å². The van der Waals surface area contributed by atoms with Crippen LogP contribution in [0.3, 0.4) is 0 Å². The smallest absolute Gasteiger partial charge is 0.159 e. The molecule has 2 aromatic carbocycles. The Morgan fingerprint density at radius 3 is 2.17 bits per heavy atom. The molecule has 1 aliphatic heterocycles. The van der Waals surface area contributed by atoms with Gasteiger partial charge >= 0.3 is 0 Å². The summed E-state index contributed by atoms with van der Waals surface area (Å²) in [6.07, 6.45) is 0.